The molecular formula is C33H52FN3O3. The number of likely N-dealkylation sites (tertiary alicyclic amines) is 2. The lowest BCUT2D eigenvalue weighted by molar-refractivity contribution is -0.121. The predicted octanol–water partition coefficient (Wildman–Crippen LogP) is 6.84. The summed E-state index contributed by atoms with van der Waals surface area (Å²) in [6.45, 7) is 16.2. The van der Waals surface area contributed by atoms with Gasteiger partial charge < -0.3 is 9.64 Å². The summed E-state index contributed by atoms with van der Waals surface area (Å²) in [6, 6.07) is 7.02. The Morgan fingerprint density at radius 1 is 0.975 bits per heavy atom. The second-order valence-electron chi connectivity index (χ2n) is 14.3. The summed E-state index contributed by atoms with van der Waals surface area (Å²) < 4.78 is 18.2. The van der Waals surface area contributed by atoms with E-state index in [-0.39, 0.29) is 28.4 Å². The highest BCUT2D eigenvalue weighted by Crippen LogP contribution is 2.47. The van der Waals surface area contributed by atoms with Crippen LogP contribution in [-0.2, 0) is 9.53 Å². The van der Waals surface area contributed by atoms with Crippen molar-refractivity contribution in [1.29, 1.82) is 0 Å². The van der Waals surface area contributed by atoms with Crippen LogP contribution in [0.25, 0.3) is 0 Å². The monoisotopic (exact) mass is 557 g/mol. The molecule has 4 fully saturated rings. The first-order chi connectivity index (χ1) is 18.9. The molecule has 0 unspecified atom stereocenters. The number of nitrogens with zero attached hydrogens (tertiary/aromatic N) is 3. The van der Waals surface area contributed by atoms with Gasteiger partial charge in [-0.25, -0.2) is 9.18 Å². The molecule has 1 aliphatic carbocycles. The van der Waals surface area contributed by atoms with E-state index >= 15 is 0 Å². The zero-order chi connectivity index (χ0) is 29.0. The molecule has 224 valence electrons. The van der Waals surface area contributed by atoms with Crippen LogP contribution in [0.1, 0.15) is 104 Å². The maximum absolute atomic E-state index is 12.9. The van der Waals surface area contributed by atoms with Crippen molar-refractivity contribution >= 4 is 12.5 Å². The minimum Gasteiger partial charge on any atom is -0.447 e. The van der Waals surface area contributed by atoms with E-state index in [1.54, 1.807) is 12.1 Å². The van der Waals surface area contributed by atoms with E-state index in [2.05, 4.69) is 39.5 Å². The van der Waals surface area contributed by atoms with Crippen molar-refractivity contribution in [2.45, 2.75) is 109 Å². The van der Waals surface area contributed by atoms with Gasteiger partial charge in [0.05, 0.1) is 5.54 Å². The second-order valence-corrected chi connectivity index (χ2v) is 14.3. The van der Waals surface area contributed by atoms with Crippen LogP contribution in [0.4, 0.5) is 9.18 Å². The molecule has 0 bridgehead atoms. The lowest BCUT2D eigenvalue weighted by atomic mass is 9.63. The van der Waals surface area contributed by atoms with E-state index < -0.39 is 0 Å². The Morgan fingerprint density at radius 2 is 1.62 bits per heavy atom. The Hall–Kier alpha value is -2.15. The van der Waals surface area contributed by atoms with Crippen LogP contribution < -0.4 is 0 Å². The zero-order valence-corrected chi connectivity index (χ0v) is 25.6. The Morgan fingerprint density at radius 3 is 2.17 bits per heavy atom. The third-order valence-electron chi connectivity index (χ3n) is 10.1. The van der Waals surface area contributed by atoms with Gasteiger partial charge in [-0.3, -0.25) is 14.6 Å². The van der Waals surface area contributed by atoms with E-state index in [0.29, 0.717) is 18.4 Å². The third-order valence-corrected chi connectivity index (χ3v) is 10.1. The highest BCUT2D eigenvalue weighted by atomic mass is 19.1. The van der Waals surface area contributed by atoms with Crippen LogP contribution in [0.2, 0.25) is 0 Å². The van der Waals surface area contributed by atoms with E-state index in [1.807, 2.05) is 21.9 Å². The van der Waals surface area contributed by atoms with Gasteiger partial charge in [0.2, 0.25) is 6.41 Å². The largest absolute Gasteiger partial charge is 0.447 e. The number of amides is 2. The summed E-state index contributed by atoms with van der Waals surface area (Å²) in [7, 11) is 0. The van der Waals surface area contributed by atoms with Crippen LogP contribution in [0.3, 0.4) is 0 Å². The van der Waals surface area contributed by atoms with Crippen molar-refractivity contribution in [3.05, 3.63) is 35.6 Å². The van der Waals surface area contributed by atoms with Gasteiger partial charge in [-0.1, -0.05) is 31.4 Å². The van der Waals surface area contributed by atoms with E-state index in [9.17, 15) is 14.0 Å². The second kappa shape index (κ2) is 12.8. The van der Waals surface area contributed by atoms with Gasteiger partial charge in [-0.2, -0.15) is 0 Å². The molecule has 0 radical (unpaired) electrons. The fraction of sp³-hybridized carbons (Fsp3) is 0.758. The molecule has 0 spiro atoms. The van der Waals surface area contributed by atoms with Crippen LogP contribution >= 0.6 is 0 Å². The molecule has 2 amide bonds. The van der Waals surface area contributed by atoms with Gasteiger partial charge >= 0.3 is 6.09 Å². The average Bonchev–Trinajstić information content (AvgIpc) is 3.21. The molecule has 7 heteroatoms. The van der Waals surface area contributed by atoms with Gasteiger partial charge in [0.15, 0.2) is 0 Å². The summed E-state index contributed by atoms with van der Waals surface area (Å²) in [4.78, 5) is 29.7. The number of rotatable bonds is 5. The normalized spacial score (nSPS) is 25.6. The zero-order valence-electron chi connectivity index (χ0n) is 25.6. The molecule has 1 atom stereocenters. The molecule has 3 aliphatic heterocycles. The van der Waals surface area contributed by atoms with Gasteiger partial charge in [0.1, 0.15) is 12.4 Å². The molecule has 3 heterocycles. The molecule has 6 nitrogen and oxygen atoms in total. The van der Waals surface area contributed by atoms with Gasteiger partial charge in [0.25, 0.3) is 0 Å². The smallest absolute Gasteiger partial charge is 0.410 e. The highest BCUT2D eigenvalue weighted by Gasteiger charge is 2.49. The maximum atomic E-state index is 12.9. The number of hydrogen-bond acceptors (Lipinski definition) is 4. The van der Waals surface area contributed by atoms with Crippen molar-refractivity contribution in [2.75, 3.05) is 39.3 Å². The topological polar surface area (TPSA) is 53.1 Å². The Kier molecular flexibility index (Phi) is 9.85. The first kappa shape index (κ1) is 30.8. The summed E-state index contributed by atoms with van der Waals surface area (Å²) in [5.74, 6) is 1.09. The third kappa shape index (κ3) is 7.37. The fourth-order valence-electron chi connectivity index (χ4n) is 7.31. The number of cyclic esters (lactones) is 1. The number of piperidine rings is 2. The van der Waals surface area contributed by atoms with Crippen LogP contribution in [0, 0.1) is 17.2 Å². The quantitative estimate of drug-likeness (QED) is 0.372. The van der Waals surface area contributed by atoms with Crippen molar-refractivity contribution in [2.24, 2.45) is 11.3 Å². The molecule has 1 saturated carbocycles. The van der Waals surface area contributed by atoms with Gasteiger partial charge in [-0.05, 0) is 115 Å². The summed E-state index contributed by atoms with van der Waals surface area (Å²) in [5.41, 5.74) is 1.44. The Labute approximate surface area is 241 Å². The first-order valence-electron chi connectivity index (χ1n) is 15.6. The summed E-state index contributed by atoms with van der Waals surface area (Å²) in [6.07, 6.45) is 11.8. The number of carbonyl (C=O) groups is 2. The predicted molar refractivity (Wildman–Crippen MR) is 158 cm³/mol. The first-order valence-corrected chi connectivity index (χ1v) is 15.6. The van der Waals surface area contributed by atoms with E-state index in [1.165, 1.54) is 57.1 Å². The van der Waals surface area contributed by atoms with Crippen molar-refractivity contribution < 1.29 is 18.7 Å². The molecule has 0 N–H and O–H groups in total. The SMILES string of the molecule is CC(C)(C)N1CCC[C@H](c2ccc(F)cc2)C1.CC1(C)COC(=O)N1CC1(C2CCCCC2)CCN(C=O)CC1. The molecule has 1 aromatic carbocycles. The Bertz CT molecular complexity index is 976. The molecule has 3 saturated heterocycles. The lowest BCUT2D eigenvalue weighted by Gasteiger charge is -2.50. The van der Waals surface area contributed by atoms with E-state index in [0.717, 1.165) is 45.4 Å². The number of benzene rings is 1. The number of hydrogen-bond donors (Lipinski definition) is 0. The molecule has 0 aromatic heterocycles. The summed E-state index contributed by atoms with van der Waals surface area (Å²) in [5, 5.41) is 0. The lowest BCUT2D eigenvalue weighted by Crippen LogP contribution is -2.54. The van der Waals surface area contributed by atoms with E-state index in [4.69, 9.17) is 4.74 Å². The minimum absolute atomic E-state index is 0.141. The molecule has 5 rings (SSSR count). The van der Waals surface area contributed by atoms with Crippen LogP contribution in [0.5, 0.6) is 0 Å². The van der Waals surface area contributed by atoms with Gasteiger partial charge in [-0.15, -0.1) is 0 Å². The van der Waals surface area contributed by atoms with Crippen LogP contribution in [0.15, 0.2) is 24.3 Å². The average molecular weight is 558 g/mol. The van der Waals surface area contributed by atoms with Crippen LogP contribution in [-0.4, -0.2) is 77.6 Å². The molecule has 1 aromatic rings. The van der Waals surface area contributed by atoms with Crippen molar-refractivity contribution in [3.63, 3.8) is 0 Å². The van der Waals surface area contributed by atoms with Crippen molar-refractivity contribution in [3.8, 4) is 0 Å². The highest BCUT2D eigenvalue weighted by molar-refractivity contribution is 5.71. The Balaban J connectivity index is 0.000000194. The maximum Gasteiger partial charge on any atom is 0.410 e. The summed E-state index contributed by atoms with van der Waals surface area (Å²) >= 11 is 0. The van der Waals surface area contributed by atoms with Crippen molar-refractivity contribution in [1.82, 2.24) is 14.7 Å². The number of ether oxygens (including phenoxy) is 1. The molecule has 4 aliphatic rings. The number of halogens is 1. The fourth-order valence-corrected chi connectivity index (χ4v) is 7.31. The molecule has 40 heavy (non-hydrogen) atoms. The molecular weight excluding hydrogens is 505 g/mol. The minimum atomic E-state index is -0.222. The van der Waals surface area contributed by atoms with Gasteiger partial charge in [0, 0.05) is 31.7 Å². The number of carbonyl (C=O) groups excluding carboxylic acids is 2. The standard InChI is InChI=1S/C18H30N2O3.C15H22FN/c1-17(2)13-23-16(22)20(17)12-18(15-6-4-3-5-7-15)8-10-19(14-21)11-9-18;1-15(2,3)17-10-4-5-13(11-17)12-6-8-14(16)9-7-12/h14-15H,3-13H2,1-2H3;6-9,13H,4-5,10-11H2,1-3H3/t;13-/m.0/s1.